The van der Waals surface area contributed by atoms with Gasteiger partial charge in [-0.2, -0.15) is 5.10 Å². The lowest BCUT2D eigenvalue weighted by Crippen LogP contribution is -2.27. The van der Waals surface area contributed by atoms with E-state index in [1.165, 1.54) is 11.4 Å². The highest BCUT2D eigenvalue weighted by Crippen LogP contribution is 2.27. The van der Waals surface area contributed by atoms with E-state index in [4.69, 9.17) is 5.10 Å². The molecule has 0 atom stereocenters. The number of nitrogens with one attached hydrogen (secondary N) is 1. The quantitative estimate of drug-likeness (QED) is 0.849. The molecule has 0 unspecified atom stereocenters. The fraction of sp³-hybridized carbons (Fsp3) is 0.471. The Hall–Kier alpha value is -1.81. The maximum atomic E-state index is 4.79. The van der Waals surface area contributed by atoms with Crippen molar-refractivity contribution < 1.29 is 0 Å². The SMILES string of the molecule is CCCN(CC)c1c(CNC)c(C)nn1-c1ccccc1. The highest BCUT2D eigenvalue weighted by Gasteiger charge is 2.20. The predicted molar refractivity (Wildman–Crippen MR) is 89.2 cm³/mol. The fourth-order valence-corrected chi connectivity index (χ4v) is 2.69. The van der Waals surface area contributed by atoms with Crippen LogP contribution in [0.2, 0.25) is 0 Å². The van der Waals surface area contributed by atoms with Crippen molar-refractivity contribution in [1.29, 1.82) is 0 Å². The van der Waals surface area contributed by atoms with Gasteiger partial charge in [-0.1, -0.05) is 25.1 Å². The molecule has 1 aromatic carbocycles. The molecule has 0 aliphatic rings. The number of para-hydroxylation sites is 1. The van der Waals surface area contributed by atoms with Crippen LogP contribution in [-0.4, -0.2) is 29.9 Å². The maximum absolute atomic E-state index is 4.79. The minimum atomic E-state index is 0.841. The standard InChI is InChI=1S/C17H26N4/c1-5-12-20(6-2)17-16(13-18-4)14(3)19-21(17)15-10-8-7-9-11-15/h7-11,18H,5-6,12-13H2,1-4H3. The summed E-state index contributed by atoms with van der Waals surface area (Å²) in [5.74, 6) is 1.22. The Balaban J connectivity index is 2.56. The normalized spacial score (nSPS) is 10.9. The van der Waals surface area contributed by atoms with Gasteiger partial charge in [-0.25, -0.2) is 4.68 Å². The Morgan fingerprint density at radius 1 is 1.19 bits per heavy atom. The van der Waals surface area contributed by atoms with Crippen molar-refractivity contribution in [3.8, 4) is 5.69 Å². The summed E-state index contributed by atoms with van der Waals surface area (Å²) >= 11 is 0. The Morgan fingerprint density at radius 3 is 2.48 bits per heavy atom. The van der Waals surface area contributed by atoms with Crippen molar-refractivity contribution in [3.05, 3.63) is 41.6 Å². The van der Waals surface area contributed by atoms with E-state index in [0.29, 0.717) is 0 Å². The average Bonchev–Trinajstić information content (AvgIpc) is 2.83. The summed E-state index contributed by atoms with van der Waals surface area (Å²) in [4.78, 5) is 2.42. The number of hydrogen-bond acceptors (Lipinski definition) is 3. The minimum absolute atomic E-state index is 0.841. The van der Waals surface area contributed by atoms with E-state index in [0.717, 1.165) is 37.4 Å². The van der Waals surface area contributed by atoms with Crippen LogP contribution >= 0.6 is 0 Å². The summed E-state index contributed by atoms with van der Waals surface area (Å²) in [6.07, 6.45) is 1.13. The van der Waals surface area contributed by atoms with Crippen LogP contribution in [0.3, 0.4) is 0 Å². The van der Waals surface area contributed by atoms with Gasteiger partial charge in [0.25, 0.3) is 0 Å². The van der Waals surface area contributed by atoms with Gasteiger partial charge < -0.3 is 10.2 Å². The highest BCUT2D eigenvalue weighted by atomic mass is 15.4. The largest absolute Gasteiger partial charge is 0.357 e. The van der Waals surface area contributed by atoms with E-state index in [-0.39, 0.29) is 0 Å². The predicted octanol–water partition coefficient (Wildman–Crippen LogP) is 3.14. The number of anilines is 1. The molecule has 0 radical (unpaired) electrons. The monoisotopic (exact) mass is 286 g/mol. The summed E-state index contributed by atoms with van der Waals surface area (Å²) in [7, 11) is 1.99. The van der Waals surface area contributed by atoms with E-state index < -0.39 is 0 Å². The van der Waals surface area contributed by atoms with E-state index >= 15 is 0 Å². The van der Waals surface area contributed by atoms with Crippen LogP contribution in [-0.2, 0) is 6.54 Å². The molecular formula is C17H26N4. The number of benzene rings is 1. The zero-order valence-corrected chi connectivity index (χ0v) is 13.6. The van der Waals surface area contributed by atoms with E-state index in [2.05, 4.69) is 59.9 Å². The lowest BCUT2D eigenvalue weighted by Gasteiger charge is -2.25. The molecule has 0 spiro atoms. The molecule has 1 N–H and O–H groups in total. The Morgan fingerprint density at radius 2 is 1.90 bits per heavy atom. The second-order valence-corrected chi connectivity index (χ2v) is 5.24. The molecule has 114 valence electrons. The van der Waals surface area contributed by atoms with Crippen LogP contribution in [0.1, 0.15) is 31.5 Å². The van der Waals surface area contributed by atoms with Crippen molar-refractivity contribution in [2.24, 2.45) is 0 Å². The van der Waals surface area contributed by atoms with Gasteiger partial charge in [0.1, 0.15) is 5.82 Å². The Kier molecular flexibility index (Phi) is 5.39. The van der Waals surface area contributed by atoms with Gasteiger partial charge in [-0.15, -0.1) is 0 Å². The Bertz CT molecular complexity index is 560. The van der Waals surface area contributed by atoms with Crippen LogP contribution in [0.5, 0.6) is 0 Å². The molecule has 0 amide bonds. The van der Waals surface area contributed by atoms with Crippen molar-refractivity contribution in [1.82, 2.24) is 15.1 Å². The summed E-state index contributed by atoms with van der Waals surface area (Å²) in [5, 5.41) is 8.06. The molecular weight excluding hydrogens is 260 g/mol. The molecule has 0 bridgehead atoms. The smallest absolute Gasteiger partial charge is 0.137 e. The third kappa shape index (κ3) is 3.27. The van der Waals surface area contributed by atoms with Gasteiger partial charge in [-0.3, -0.25) is 0 Å². The highest BCUT2D eigenvalue weighted by molar-refractivity contribution is 5.55. The van der Waals surface area contributed by atoms with Crippen LogP contribution in [0.4, 0.5) is 5.82 Å². The first-order valence-corrected chi connectivity index (χ1v) is 7.76. The minimum Gasteiger partial charge on any atom is -0.357 e. The molecule has 21 heavy (non-hydrogen) atoms. The molecule has 0 saturated heterocycles. The molecule has 1 heterocycles. The number of rotatable bonds is 7. The first-order chi connectivity index (χ1) is 10.2. The molecule has 2 rings (SSSR count). The summed E-state index contributed by atoms with van der Waals surface area (Å²) in [6.45, 7) is 9.39. The third-order valence-electron chi connectivity index (χ3n) is 3.69. The van der Waals surface area contributed by atoms with Gasteiger partial charge in [-0.05, 0) is 39.4 Å². The molecule has 0 aliphatic carbocycles. The topological polar surface area (TPSA) is 33.1 Å². The zero-order valence-electron chi connectivity index (χ0n) is 13.6. The lowest BCUT2D eigenvalue weighted by molar-refractivity contribution is 0.733. The van der Waals surface area contributed by atoms with Gasteiger partial charge >= 0.3 is 0 Å². The summed E-state index contributed by atoms with van der Waals surface area (Å²) in [5.41, 5.74) is 3.50. The molecule has 4 heteroatoms. The Labute approximate surface area is 127 Å². The number of nitrogens with zero attached hydrogens (tertiary/aromatic N) is 3. The summed E-state index contributed by atoms with van der Waals surface area (Å²) < 4.78 is 2.08. The number of aryl methyl sites for hydroxylation is 1. The van der Waals surface area contributed by atoms with Crippen LogP contribution in [0.15, 0.2) is 30.3 Å². The number of hydrogen-bond donors (Lipinski definition) is 1. The maximum Gasteiger partial charge on any atom is 0.137 e. The molecule has 0 saturated carbocycles. The van der Waals surface area contributed by atoms with Crippen LogP contribution < -0.4 is 10.2 Å². The number of aromatic nitrogens is 2. The second-order valence-electron chi connectivity index (χ2n) is 5.24. The van der Waals surface area contributed by atoms with E-state index in [1.54, 1.807) is 0 Å². The summed E-state index contributed by atoms with van der Waals surface area (Å²) in [6, 6.07) is 10.4. The van der Waals surface area contributed by atoms with Gasteiger partial charge in [0.05, 0.1) is 11.4 Å². The zero-order chi connectivity index (χ0) is 15.2. The first-order valence-electron chi connectivity index (χ1n) is 7.76. The van der Waals surface area contributed by atoms with Crippen molar-refractivity contribution >= 4 is 5.82 Å². The van der Waals surface area contributed by atoms with Crippen molar-refractivity contribution in [2.45, 2.75) is 33.7 Å². The molecule has 2 aromatic rings. The second kappa shape index (κ2) is 7.27. The van der Waals surface area contributed by atoms with Crippen molar-refractivity contribution in [2.75, 3.05) is 25.0 Å². The van der Waals surface area contributed by atoms with E-state index in [1.807, 2.05) is 13.1 Å². The third-order valence-corrected chi connectivity index (χ3v) is 3.69. The molecule has 0 aliphatic heterocycles. The molecule has 1 aromatic heterocycles. The van der Waals surface area contributed by atoms with E-state index in [9.17, 15) is 0 Å². The van der Waals surface area contributed by atoms with Crippen LogP contribution in [0, 0.1) is 6.92 Å². The van der Waals surface area contributed by atoms with Gasteiger partial charge in [0.15, 0.2) is 0 Å². The fourth-order valence-electron chi connectivity index (χ4n) is 2.69. The first kappa shape index (κ1) is 15.6. The lowest BCUT2D eigenvalue weighted by atomic mass is 10.2. The van der Waals surface area contributed by atoms with Crippen molar-refractivity contribution in [3.63, 3.8) is 0 Å². The van der Waals surface area contributed by atoms with Crippen LogP contribution in [0.25, 0.3) is 5.69 Å². The van der Waals surface area contributed by atoms with Gasteiger partial charge in [0.2, 0.25) is 0 Å². The average molecular weight is 286 g/mol. The van der Waals surface area contributed by atoms with Gasteiger partial charge in [0, 0.05) is 25.2 Å². The molecule has 4 nitrogen and oxygen atoms in total. The molecule has 0 fully saturated rings.